The third-order valence-electron chi connectivity index (χ3n) is 3.74. The van der Waals surface area contributed by atoms with Crippen LogP contribution in [0.15, 0.2) is 30.6 Å². The number of hydrogen-bond donors (Lipinski definition) is 2. The van der Waals surface area contributed by atoms with Crippen LogP contribution >= 0.6 is 11.6 Å². The van der Waals surface area contributed by atoms with E-state index in [1.807, 2.05) is 12.1 Å². The van der Waals surface area contributed by atoms with E-state index >= 15 is 0 Å². The molecule has 1 fully saturated rings. The van der Waals surface area contributed by atoms with Crippen molar-refractivity contribution in [2.75, 3.05) is 6.54 Å². The maximum Gasteiger partial charge on any atom is 0.137 e. The smallest absolute Gasteiger partial charge is 0.137 e. The molecule has 0 amide bonds. The first-order chi connectivity index (χ1) is 9.31. The van der Waals surface area contributed by atoms with Gasteiger partial charge in [0.15, 0.2) is 0 Å². The maximum atomic E-state index is 5.90. The van der Waals surface area contributed by atoms with E-state index in [-0.39, 0.29) is 0 Å². The highest BCUT2D eigenvalue weighted by molar-refractivity contribution is 6.30. The van der Waals surface area contributed by atoms with Crippen LogP contribution in [0.2, 0.25) is 5.02 Å². The van der Waals surface area contributed by atoms with Crippen LogP contribution in [-0.4, -0.2) is 27.8 Å². The van der Waals surface area contributed by atoms with Crippen molar-refractivity contribution >= 4 is 11.6 Å². The Morgan fingerprint density at radius 1 is 1.26 bits per heavy atom. The molecule has 0 aliphatic heterocycles. The highest BCUT2D eigenvalue weighted by Crippen LogP contribution is 2.37. The van der Waals surface area contributed by atoms with Crippen molar-refractivity contribution in [3.05, 3.63) is 47.0 Å². The second-order valence-corrected chi connectivity index (χ2v) is 5.49. The number of benzene rings is 1. The molecular formula is C14H17ClN4. The van der Waals surface area contributed by atoms with Crippen LogP contribution in [0, 0.1) is 0 Å². The number of rotatable bonds is 5. The molecule has 0 saturated heterocycles. The summed E-state index contributed by atoms with van der Waals surface area (Å²) in [5.74, 6) is 1.63. The molecule has 0 radical (unpaired) electrons. The summed E-state index contributed by atoms with van der Waals surface area (Å²) in [6, 6.07) is 8.85. The average molecular weight is 277 g/mol. The van der Waals surface area contributed by atoms with Crippen molar-refractivity contribution in [1.82, 2.24) is 20.5 Å². The third-order valence-corrected chi connectivity index (χ3v) is 3.99. The second-order valence-electron chi connectivity index (χ2n) is 5.05. The topological polar surface area (TPSA) is 53.6 Å². The van der Waals surface area contributed by atoms with E-state index < -0.39 is 0 Å². The predicted octanol–water partition coefficient (Wildman–Crippen LogP) is 2.54. The van der Waals surface area contributed by atoms with E-state index in [9.17, 15) is 0 Å². The Bertz CT molecular complexity index is 503. The van der Waals surface area contributed by atoms with Crippen LogP contribution in [0.4, 0.5) is 0 Å². The Balaban J connectivity index is 1.39. The zero-order valence-corrected chi connectivity index (χ0v) is 11.4. The van der Waals surface area contributed by atoms with Gasteiger partial charge >= 0.3 is 0 Å². The number of nitrogens with one attached hydrogen (secondary N) is 2. The van der Waals surface area contributed by atoms with Crippen LogP contribution in [-0.2, 0) is 6.42 Å². The van der Waals surface area contributed by atoms with Crippen LogP contribution in [0.1, 0.15) is 30.1 Å². The van der Waals surface area contributed by atoms with Gasteiger partial charge in [0.2, 0.25) is 0 Å². The summed E-state index contributed by atoms with van der Waals surface area (Å²) in [7, 11) is 0. The quantitative estimate of drug-likeness (QED) is 0.882. The van der Waals surface area contributed by atoms with Gasteiger partial charge in [-0.1, -0.05) is 23.7 Å². The Morgan fingerprint density at radius 2 is 2.05 bits per heavy atom. The Hall–Kier alpha value is -1.39. The molecule has 1 aliphatic carbocycles. The molecule has 0 spiro atoms. The van der Waals surface area contributed by atoms with Crippen molar-refractivity contribution in [1.29, 1.82) is 0 Å². The minimum absolute atomic E-state index is 0.628. The number of aromatic amines is 1. The number of halogens is 1. The van der Waals surface area contributed by atoms with Gasteiger partial charge in [-0.2, -0.15) is 5.10 Å². The highest BCUT2D eigenvalue weighted by Gasteiger charge is 2.29. The lowest BCUT2D eigenvalue weighted by Crippen LogP contribution is -2.41. The summed E-state index contributed by atoms with van der Waals surface area (Å²) < 4.78 is 0. The fraction of sp³-hybridized carbons (Fsp3) is 0.429. The molecule has 3 rings (SSSR count). The molecule has 1 aliphatic rings. The zero-order chi connectivity index (χ0) is 13.1. The van der Waals surface area contributed by atoms with E-state index in [0.29, 0.717) is 12.0 Å². The minimum atomic E-state index is 0.628. The summed E-state index contributed by atoms with van der Waals surface area (Å²) in [5.41, 5.74) is 1.40. The second kappa shape index (κ2) is 5.72. The molecule has 0 unspecified atom stereocenters. The van der Waals surface area contributed by atoms with Gasteiger partial charge in [-0.05, 0) is 36.5 Å². The van der Waals surface area contributed by atoms with Crippen LogP contribution < -0.4 is 5.32 Å². The van der Waals surface area contributed by atoms with Crippen LogP contribution in [0.3, 0.4) is 0 Å². The number of nitrogens with zero attached hydrogens (tertiary/aromatic N) is 2. The van der Waals surface area contributed by atoms with Gasteiger partial charge in [0.05, 0.1) is 0 Å². The summed E-state index contributed by atoms with van der Waals surface area (Å²) in [5, 5.41) is 11.1. The molecule has 100 valence electrons. The summed E-state index contributed by atoms with van der Waals surface area (Å²) in [4.78, 5) is 4.11. The molecule has 2 aromatic rings. The highest BCUT2D eigenvalue weighted by atomic mass is 35.5. The van der Waals surface area contributed by atoms with Crippen molar-refractivity contribution in [3.8, 4) is 0 Å². The Morgan fingerprint density at radius 3 is 2.74 bits per heavy atom. The molecule has 1 saturated carbocycles. The molecular weight excluding hydrogens is 260 g/mol. The Kier molecular flexibility index (Phi) is 3.80. The van der Waals surface area contributed by atoms with Crippen LogP contribution in [0.5, 0.6) is 0 Å². The van der Waals surface area contributed by atoms with Crippen LogP contribution in [0.25, 0.3) is 0 Å². The molecule has 0 atom stereocenters. The maximum absolute atomic E-state index is 5.90. The molecule has 5 heteroatoms. The number of hydrogen-bond acceptors (Lipinski definition) is 3. The summed E-state index contributed by atoms with van der Waals surface area (Å²) in [6.45, 7) is 0.952. The first-order valence-electron chi connectivity index (χ1n) is 6.64. The first-order valence-corrected chi connectivity index (χ1v) is 7.02. The van der Waals surface area contributed by atoms with Gasteiger partial charge < -0.3 is 5.32 Å². The molecule has 1 heterocycles. The van der Waals surface area contributed by atoms with Gasteiger partial charge in [-0.25, -0.2) is 4.98 Å². The fourth-order valence-electron chi connectivity index (χ4n) is 2.54. The van der Waals surface area contributed by atoms with Gasteiger partial charge in [-0.15, -0.1) is 0 Å². The van der Waals surface area contributed by atoms with Gasteiger partial charge in [-0.3, -0.25) is 5.10 Å². The molecule has 2 N–H and O–H groups in total. The lowest BCUT2D eigenvalue weighted by Gasteiger charge is -2.36. The first kappa shape index (κ1) is 12.6. The van der Waals surface area contributed by atoms with E-state index in [0.717, 1.165) is 23.8 Å². The number of aromatic nitrogens is 3. The molecule has 0 bridgehead atoms. The Labute approximate surface area is 117 Å². The minimum Gasteiger partial charge on any atom is -0.313 e. The summed E-state index contributed by atoms with van der Waals surface area (Å²) >= 11 is 5.90. The van der Waals surface area contributed by atoms with E-state index in [1.165, 1.54) is 18.4 Å². The lowest BCUT2D eigenvalue weighted by molar-refractivity contribution is 0.292. The predicted molar refractivity (Wildman–Crippen MR) is 75.3 cm³/mol. The van der Waals surface area contributed by atoms with E-state index in [2.05, 4.69) is 32.6 Å². The van der Waals surface area contributed by atoms with Gasteiger partial charge in [0.1, 0.15) is 12.2 Å². The van der Waals surface area contributed by atoms with E-state index in [4.69, 9.17) is 11.6 Å². The summed E-state index contributed by atoms with van der Waals surface area (Å²) in [6.07, 6.45) is 4.87. The SMILES string of the molecule is Clc1ccc(C2CC(NCCc3ncn[nH]3)C2)cc1. The molecule has 4 nitrogen and oxygen atoms in total. The van der Waals surface area contributed by atoms with Gasteiger partial charge in [0.25, 0.3) is 0 Å². The van der Waals surface area contributed by atoms with Crippen molar-refractivity contribution in [3.63, 3.8) is 0 Å². The number of H-pyrrole nitrogens is 1. The largest absolute Gasteiger partial charge is 0.313 e. The van der Waals surface area contributed by atoms with E-state index in [1.54, 1.807) is 6.33 Å². The standard InChI is InChI=1S/C14H17ClN4/c15-12-3-1-10(2-4-12)11-7-13(8-11)16-6-5-14-17-9-18-19-14/h1-4,9,11,13,16H,5-8H2,(H,17,18,19). The lowest BCUT2D eigenvalue weighted by atomic mass is 9.76. The fourth-order valence-corrected chi connectivity index (χ4v) is 2.66. The van der Waals surface area contributed by atoms with Crippen molar-refractivity contribution in [2.45, 2.75) is 31.2 Å². The zero-order valence-electron chi connectivity index (χ0n) is 10.6. The average Bonchev–Trinajstić information content (AvgIpc) is 2.87. The monoisotopic (exact) mass is 276 g/mol. The van der Waals surface area contributed by atoms with Gasteiger partial charge in [0, 0.05) is 24.0 Å². The molecule has 19 heavy (non-hydrogen) atoms. The van der Waals surface area contributed by atoms with Crippen molar-refractivity contribution < 1.29 is 0 Å². The third kappa shape index (κ3) is 3.14. The van der Waals surface area contributed by atoms with Crippen molar-refractivity contribution in [2.24, 2.45) is 0 Å². The normalized spacial score (nSPS) is 22.2. The molecule has 1 aromatic carbocycles. The molecule has 1 aromatic heterocycles.